The van der Waals surface area contributed by atoms with E-state index in [0.717, 1.165) is 44.6 Å². The minimum atomic E-state index is -0.170. The number of furan rings is 1. The number of anilines is 3. The first-order valence-electron chi connectivity index (χ1n) is 19.7. The fraction of sp³-hybridized carbons (Fsp3) is 0.0545. The van der Waals surface area contributed by atoms with Gasteiger partial charge in [-0.2, -0.15) is 0 Å². The Kier molecular flexibility index (Phi) is 7.55. The van der Waals surface area contributed by atoms with Crippen LogP contribution in [-0.2, 0) is 5.41 Å². The quantitative estimate of drug-likeness (QED) is 0.169. The van der Waals surface area contributed by atoms with Crippen molar-refractivity contribution in [2.45, 2.75) is 19.3 Å². The van der Waals surface area contributed by atoms with Gasteiger partial charge < -0.3 is 9.32 Å². The second-order valence-corrected chi connectivity index (χ2v) is 15.8. The van der Waals surface area contributed by atoms with Crippen molar-refractivity contribution in [3.8, 4) is 44.5 Å². The van der Waals surface area contributed by atoms with Gasteiger partial charge in [-0.25, -0.2) is 0 Å². The number of hydrogen-bond acceptors (Lipinski definition) is 2. The van der Waals surface area contributed by atoms with Crippen molar-refractivity contribution in [3.05, 3.63) is 211 Å². The molecular formula is C55H39NO. The maximum Gasteiger partial charge on any atom is 0.135 e. The van der Waals surface area contributed by atoms with Crippen LogP contribution in [0.4, 0.5) is 17.1 Å². The van der Waals surface area contributed by atoms with Crippen LogP contribution in [-0.4, -0.2) is 0 Å². The second-order valence-electron chi connectivity index (χ2n) is 15.8. The van der Waals surface area contributed by atoms with Gasteiger partial charge in [-0.15, -0.1) is 0 Å². The molecule has 270 valence electrons. The molecule has 0 bridgehead atoms. The van der Waals surface area contributed by atoms with Crippen LogP contribution >= 0.6 is 0 Å². The summed E-state index contributed by atoms with van der Waals surface area (Å²) in [6.07, 6.45) is 0. The molecule has 0 aliphatic heterocycles. The zero-order valence-electron chi connectivity index (χ0n) is 31.9. The molecule has 1 aromatic heterocycles. The van der Waals surface area contributed by atoms with Crippen molar-refractivity contribution in [2.75, 3.05) is 4.90 Å². The Morgan fingerprint density at radius 2 is 0.860 bits per heavy atom. The fourth-order valence-electron chi connectivity index (χ4n) is 9.00. The number of rotatable bonds is 6. The predicted octanol–water partition coefficient (Wildman–Crippen LogP) is 15.5. The zero-order chi connectivity index (χ0) is 38.1. The third-order valence-electron chi connectivity index (χ3n) is 12.1. The summed E-state index contributed by atoms with van der Waals surface area (Å²) in [5.41, 5.74) is 17.6. The van der Waals surface area contributed by atoms with E-state index in [1.165, 1.54) is 60.8 Å². The van der Waals surface area contributed by atoms with Gasteiger partial charge >= 0.3 is 0 Å². The van der Waals surface area contributed by atoms with Gasteiger partial charge in [0.05, 0.1) is 0 Å². The molecule has 2 nitrogen and oxygen atoms in total. The van der Waals surface area contributed by atoms with Gasteiger partial charge in [-0.05, 0) is 133 Å². The van der Waals surface area contributed by atoms with Crippen LogP contribution in [0.15, 0.2) is 205 Å². The zero-order valence-corrected chi connectivity index (χ0v) is 31.9. The molecule has 0 N–H and O–H groups in total. The number of para-hydroxylation sites is 1. The summed E-state index contributed by atoms with van der Waals surface area (Å²) in [6.45, 7) is 4.74. The molecule has 0 atom stereocenters. The van der Waals surface area contributed by atoms with E-state index in [2.05, 4.69) is 207 Å². The first-order chi connectivity index (χ1) is 28.0. The van der Waals surface area contributed by atoms with E-state index in [9.17, 15) is 0 Å². The predicted molar refractivity (Wildman–Crippen MR) is 240 cm³/mol. The molecule has 0 saturated heterocycles. The van der Waals surface area contributed by atoms with Gasteiger partial charge in [0.25, 0.3) is 0 Å². The summed E-state index contributed by atoms with van der Waals surface area (Å²) >= 11 is 0. The highest BCUT2D eigenvalue weighted by Gasteiger charge is 2.36. The summed E-state index contributed by atoms with van der Waals surface area (Å²) in [6, 6.07) is 72.8. The van der Waals surface area contributed by atoms with Crippen LogP contribution in [0.5, 0.6) is 0 Å². The summed E-state index contributed by atoms with van der Waals surface area (Å²) in [5, 5.41) is 4.78. The van der Waals surface area contributed by atoms with E-state index in [4.69, 9.17) is 4.42 Å². The molecule has 1 aliphatic carbocycles. The van der Waals surface area contributed by atoms with E-state index in [1.54, 1.807) is 0 Å². The maximum atomic E-state index is 6.13. The molecule has 9 aromatic carbocycles. The van der Waals surface area contributed by atoms with Crippen molar-refractivity contribution in [1.29, 1.82) is 0 Å². The Morgan fingerprint density at radius 3 is 1.61 bits per heavy atom. The molecule has 1 aliphatic rings. The number of hydrogen-bond donors (Lipinski definition) is 0. The molecule has 57 heavy (non-hydrogen) atoms. The fourth-order valence-corrected chi connectivity index (χ4v) is 9.00. The largest absolute Gasteiger partial charge is 0.456 e. The van der Waals surface area contributed by atoms with E-state index in [0.29, 0.717) is 0 Å². The topological polar surface area (TPSA) is 16.4 Å². The Balaban J connectivity index is 0.999. The van der Waals surface area contributed by atoms with E-state index in [-0.39, 0.29) is 5.41 Å². The average Bonchev–Trinajstić information content (AvgIpc) is 3.75. The Hall–Kier alpha value is -7.16. The van der Waals surface area contributed by atoms with Gasteiger partial charge in [0.15, 0.2) is 0 Å². The third kappa shape index (κ3) is 5.56. The molecule has 0 amide bonds. The lowest BCUT2D eigenvalue weighted by Crippen LogP contribution is -2.16. The highest BCUT2D eigenvalue weighted by atomic mass is 16.3. The summed E-state index contributed by atoms with van der Waals surface area (Å²) in [4.78, 5) is 2.40. The molecule has 2 heteroatoms. The monoisotopic (exact) mass is 729 g/mol. The summed E-state index contributed by atoms with van der Waals surface area (Å²) in [5.74, 6) is 0. The highest BCUT2D eigenvalue weighted by molar-refractivity contribution is 6.06. The lowest BCUT2D eigenvalue weighted by atomic mass is 9.81. The van der Waals surface area contributed by atoms with Gasteiger partial charge in [-0.1, -0.05) is 147 Å². The summed E-state index contributed by atoms with van der Waals surface area (Å²) < 4.78 is 6.13. The SMILES string of the molecule is CC1(C)c2cc(-c3ccccc3)ccc2-c2ccc(N(c3ccc(-c4ccc5ccccc5c4)cc3)c3ccc(-c4ccc5oc6ccccc6c5c4)cc3)cc21. The Labute approximate surface area is 332 Å². The molecule has 1 heterocycles. The molecule has 0 radical (unpaired) electrons. The molecule has 11 rings (SSSR count). The van der Waals surface area contributed by atoms with Crippen molar-refractivity contribution < 1.29 is 4.42 Å². The molecule has 0 unspecified atom stereocenters. The van der Waals surface area contributed by atoms with E-state index >= 15 is 0 Å². The minimum absolute atomic E-state index is 0.170. The number of benzene rings is 9. The Bertz CT molecular complexity index is 3130. The molecule has 0 saturated carbocycles. The van der Waals surface area contributed by atoms with Gasteiger partial charge in [0, 0.05) is 33.2 Å². The minimum Gasteiger partial charge on any atom is -0.456 e. The smallest absolute Gasteiger partial charge is 0.135 e. The van der Waals surface area contributed by atoms with Crippen molar-refractivity contribution in [1.82, 2.24) is 0 Å². The van der Waals surface area contributed by atoms with Gasteiger partial charge in [0.2, 0.25) is 0 Å². The molecule has 0 spiro atoms. The van der Waals surface area contributed by atoms with Crippen LogP contribution < -0.4 is 4.90 Å². The third-order valence-corrected chi connectivity index (χ3v) is 12.1. The van der Waals surface area contributed by atoms with Crippen LogP contribution in [0.3, 0.4) is 0 Å². The second kappa shape index (κ2) is 13.0. The molecular weight excluding hydrogens is 691 g/mol. The van der Waals surface area contributed by atoms with Gasteiger partial charge in [0.1, 0.15) is 11.2 Å². The van der Waals surface area contributed by atoms with Crippen molar-refractivity contribution in [3.63, 3.8) is 0 Å². The van der Waals surface area contributed by atoms with Gasteiger partial charge in [-0.3, -0.25) is 0 Å². The highest BCUT2D eigenvalue weighted by Crippen LogP contribution is 2.52. The van der Waals surface area contributed by atoms with Crippen molar-refractivity contribution >= 4 is 49.8 Å². The first-order valence-corrected chi connectivity index (χ1v) is 19.7. The summed E-state index contributed by atoms with van der Waals surface area (Å²) in [7, 11) is 0. The Morgan fingerprint density at radius 1 is 0.351 bits per heavy atom. The van der Waals surface area contributed by atoms with E-state index < -0.39 is 0 Å². The van der Waals surface area contributed by atoms with Crippen LogP contribution in [0.2, 0.25) is 0 Å². The molecule has 10 aromatic rings. The lowest BCUT2D eigenvalue weighted by molar-refractivity contribution is 0.660. The molecule has 0 fully saturated rings. The lowest BCUT2D eigenvalue weighted by Gasteiger charge is -2.28. The normalized spacial score (nSPS) is 12.9. The number of nitrogens with zero attached hydrogens (tertiary/aromatic N) is 1. The van der Waals surface area contributed by atoms with Crippen LogP contribution in [0, 0.1) is 0 Å². The maximum absolute atomic E-state index is 6.13. The van der Waals surface area contributed by atoms with Crippen molar-refractivity contribution in [2.24, 2.45) is 0 Å². The average molecular weight is 730 g/mol. The first kappa shape index (κ1) is 33.2. The standard InChI is InChI=1S/C55H39NO/c1-55(2)51-34-43(36-10-4-3-5-11-36)22-29-47(51)48-30-28-46(35-52(48)55)56(44-24-18-38(19-25-44)41-17-16-37-12-6-7-13-40(37)32-41)45-26-20-39(21-27-45)42-23-31-54-50(33-42)49-14-8-9-15-53(49)57-54/h3-35H,1-2H3. The van der Waals surface area contributed by atoms with Crippen LogP contribution in [0.25, 0.3) is 77.2 Å². The van der Waals surface area contributed by atoms with Crippen LogP contribution in [0.1, 0.15) is 25.0 Å². The van der Waals surface area contributed by atoms with E-state index in [1.807, 2.05) is 12.1 Å². The number of fused-ring (bicyclic) bond motifs is 7.